The van der Waals surface area contributed by atoms with Gasteiger partial charge in [-0.05, 0) is 6.07 Å². The molecule has 0 unspecified atom stereocenters. The number of aromatic nitrogens is 3. The molecule has 0 saturated carbocycles. The highest BCUT2D eigenvalue weighted by Crippen LogP contribution is 2.09. The predicted molar refractivity (Wildman–Crippen MR) is 55.0 cm³/mol. The molecule has 0 aromatic carbocycles. The highest BCUT2D eigenvalue weighted by atomic mass is 16.5. The Morgan fingerprint density at radius 3 is 2.73 bits per heavy atom. The number of pyridine rings is 1. The first kappa shape index (κ1) is 9.39. The summed E-state index contributed by atoms with van der Waals surface area (Å²) in [4.78, 5) is 12.0. The lowest BCUT2D eigenvalue weighted by molar-refractivity contribution is 0.289. The molecule has 76 valence electrons. The van der Waals surface area contributed by atoms with Crippen molar-refractivity contribution >= 4 is 5.69 Å². The molecule has 2 aromatic heterocycles. The molecule has 0 saturated heterocycles. The van der Waals surface area contributed by atoms with Gasteiger partial charge < -0.3 is 10.5 Å². The normalized spacial score (nSPS) is 9.87. The lowest BCUT2D eigenvalue weighted by Crippen LogP contribution is -2.00. The van der Waals surface area contributed by atoms with Crippen molar-refractivity contribution in [3.63, 3.8) is 0 Å². The Bertz CT molecular complexity index is 415. The molecule has 0 aliphatic rings. The van der Waals surface area contributed by atoms with Gasteiger partial charge in [0.2, 0.25) is 5.88 Å². The summed E-state index contributed by atoms with van der Waals surface area (Å²) in [6.45, 7) is 0.352. The van der Waals surface area contributed by atoms with Crippen molar-refractivity contribution in [2.45, 2.75) is 6.61 Å². The molecule has 2 aromatic rings. The predicted octanol–water partition coefficient (Wildman–Crippen LogP) is 1.03. The second-order valence-electron chi connectivity index (χ2n) is 2.92. The molecule has 0 aliphatic carbocycles. The third-order valence-electron chi connectivity index (χ3n) is 1.74. The van der Waals surface area contributed by atoms with Crippen LogP contribution in [0.15, 0.2) is 36.9 Å². The van der Waals surface area contributed by atoms with E-state index in [1.54, 1.807) is 36.9 Å². The Balaban J connectivity index is 1.96. The van der Waals surface area contributed by atoms with Gasteiger partial charge in [-0.1, -0.05) is 0 Å². The van der Waals surface area contributed by atoms with E-state index in [0.717, 1.165) is 5.69 Å². The van der Waals surface area contributed by atoms with E-state index in [0.29, 0.717) is 18.2 Å². The summed E-state index contributed by atoms with van der Waals surface area (Å²) in [6, 6.07) is 3.45. The summed E-state index contributed by atoms with van der Waals surface area (Å²) in [6.07, 6.45) is 6.43. The van der Waals surface area contributed by atoms with Crippen LogP contribution >= 0.6 is 0 Å². The summed E-state index contributed by atoms with van der Waals surface area (Å²) in [5.41, 5.74) is 6.87. The first-order valence-corrected chi connectivity index (χ1v) is 4.44. The lowest BCUT2D eigenvalue weighted by atomic mass is 10.4. The van der Waals surface area contributed by atoms with Gasteiger partial charge in [0.05, 0.1) is 23.8 Å². The van der Waals surface area contributed by atoms with E-state index in [2.05, 4.69) is 15.0 Å². The average Bonchev–Trinajstić information content (AvgIpc) is 2.30. The van der Waals surface area contributed by atoms with Crippen LogP contribution in [-0.4, -0.2) is 15.0 Å². The standard InChI is InChI=1S/C10H10N4O/c11-8-1-2-10(14-5-8)15-7-9-6-12-3-4-13-9/h1-6H,7,11H2. The van der Waals surface area contributed by atoms with Gasteiger partial charge in [-0.3, -0.25) is 9.97 Å². The minimum absolute atomic E-state index is 0.352. The summed E-state index contributed by atoms with van der Waals surface area (Å²) in [5, 5.41) is 0. The van der Waals surface area contributed by atoms with Gasteiger partial charge in [0.25, 0.3) is 0 Å². The molecular weight excluding hydrogens is 192 g/mol. The van der Waals surface area contributed by atoms with Crippen molar-refractivity contribution in [3.05, 3.63) is 42.6 Å². The van der Waals surface area contributed by atoms with Crippen LogP contribution in [0, 0.1) is 0 Å². The maximum Gasteiger partial charge on any atom is 0.213 e. The fourth-order valence-corrected chi connectivity index (χ4v) is 1.03. The zero-order chi connectivity index (χ0) is 10.5. The largest absolute Gasteiger partial charge is 0.471 e. The van der Waals surface area contributed by atoms with Crippen molar-refractivity contribution in [2.75, 3.05) is 5.73 Å². The minimum atomic E-state index is 0.352. The molecular formula is C10H10N4O. The van der Waals surface area contributed by atoms with Gasteiger partial charge in [-0.25, -0.2) is 4.98 Å². The second kappa shape index (κ2) is 4.36. The summed E-state index contributed by atoms with van der Waals surface area (Å²) in [5.74, 6) is 0.523. The van der Waals surface area contributed by atoms with Gasteiger partial charge >= 0.3 is 0 Å². The van der Waals surface area contributed by atoms with Crippen molar-refractivity contribution in [2.24, 2.45) is 0 Å². The number of rotatable bonds is 3. The highest BCUT2D eigenvalue weighted by molar-refractivity contribution is 5.35. The Morgan fingerprint density at radius 2 is 2.07 bits per heavy atom. The number of hydrogen-bond acceptors (Lipinski definition) is 5. The van der Waals surface area contributed by atoms with Crippen molar-refractivity contribution < 1.29 is 4.74 Å². The molecule has 0 fully saturated rings. The summed E-state index contributed by atoms with van der Waals surface area (Å²) >= 11 is 0. The average molecular weight is 202 g/mol. The smallest absolute Gasteiger partial charge is 0.213 e. The molecule has 2 rings (SSSR count). The SMILES string of the molecule is Nc1ccc(OCc2cnccn2)nc1. The van der Waals surface area contributed by atoms with Crippen LogP contribution < -0.4 is 10.5 Å². The van der Waals surface area contributed by atoms with Crippen LogP contribution in [0.2, 0.25) is 0 Å². The summed E-state index contributed by atoms with van der Waals surface area (Å²) < 4.78 is 5.38. The molecule has 0 radical (unpaired) electrons. The van der Waals surface area contributed by atoms with Crippen LogP contribution in [0.25, 0.3) is 0 Å². The van der Waals surface area contributed by atoms with E-state index < -0.39 is 0 Å². The van der Waals surface area contributed by atoms with E-state index in [-0.39, 0.29) is 0 Å². The van der Waals surface area contributed by atoms with Crippen molar-refractivity contribution in [1.29, 1.82) is 0 Å². The second-order valence-corrected chi connectivity index (χ2v) is 2.92. The lowest BCUT2D eigenvalue weighted by Gasteiger charge is -2.03. The third kappa shape index (κ3) is 2.63. The molecule has 0 atom stereocenters. The van der Waals surface area contributed by atoms with E-state index >= 15 is 0 Å². The maximum absolute atomic E-state index is 5.49. The van der Waals surface area contributed by atoms with E-state index in [9.17, 15) is 0 Å². The molecule has 15 heavy (non-hydrogen) atoms. The molecule has 0 bridgehead atoms. The number of nitrogens with zero attached hydrogens (tertiary/aromatic N) is 3. The number of nitrogens with two attached hydrogens (primary N) is 1. The Kier molecular flexibility index (Phi) is 2.73. The third-order valence-corrected chi connectivity index (χ3v) is 1.74. The first-order valence-electron chi connectivity index (χ1n) is 4.44. The van der Waals surface area contributed by atoms with Crippen LogP contribution in [-0.2, 0) is 6.61 Å². The van der Waals surface area contributed by atoms with Crippen molar-refractivity contribution in [3.8, 4) is 5.88 Å². The molecule has 2 N–H and O–H groups in total. The van der Waals surface area contributed by atoms with E-state index in [1.807, 2.05) is 0 Å². The Morgan fingerprint density at radius 1 is 1.13 bits per heavy atom. The first-order chi connectivity index (χ1) is 7.34. The van der Waals surface area contributed by atoms with Gasteiger partial charge in [0.15, 0.2) is 0 Å². The van der Waals surface area contributed by atoms with Crippen LogP contribution in [0.3, 0.4) is 0 Å². The number of anilines is 1. The fourth-order valence-electron chi connectivity index (χ4n) is 1.03. The monoisotopic (exact) mass is 202 g/mol. The van der Waals surface area contributed by atoms with Crippen LogP contribution in [0.1, 0.15) is 5.69 Å². The molecule has 2 heterocycles. The Labute approximate surface area is 87.0 Å². The van der Waals surface area contributed by atoms with Gasteiger partial charge in [-0.2, -0.15) is 0 Å². The van der Waals surface area contributed by atoms with Gasteiger partial charge in [-0.15, -0.1) is 0 Å². The van der Waals surface area contributed by atoms with E-state index in [4.69, 9.17) is 10.5 Å². The quantitative estimate of drug-likeness (QED) is 0.804. The fraction of sp³-hybridized carbons (Fsp3) is 0.100. The molecule has 0 amide bonds. The molecule has 5 nitrogen and oxygen atoms in total. The molecule has 0 spiro atoms. The zero-order valence-electron chi connectivity index (χ0n) is 8.00. The minimum Gasteiger partial charge on any atom is -0.471 e. The topological polar surface area (TPSA) is 73.9 Å². The zero-order valence-corrected chi connectivity index (χ0v) is 8.00. The van der Waals surface area contributed by atoms with Crippen LogP contribution in [0.5, 0.6) is 5.88 Å². The van der Waals surface area contributed by atoms with Crippen LogP contribution in [0.4, 0.5) is 5.69 Å². The molecule has 5 heteroatoms. The number of nitrogen functional groups attached to an aromatic ring is 1. The highest BCUT2D eigenvalue weighted by Gasteiger charge is 1.97. The number of hydrogen-bond donors (Lipinski definition) is 1. The van der Waals surface area contributed by atoms with E-state index in [1.165, 1.54) is 0 Å². The van der Waals surface area contributed by atoms with Crippen molar-refractivity contribution in [1.82, 2.24) is 15.0 Å². The van der Waals surface area contributed by atoms with Gasteiger partial charge in [0.1, 0.15) is 6.61 Å². The maximum atomic E-state index is 5.49. The number of ether oxygens (including phenoxy) is 1. The van der Waals surface area contributed by atoms with Gasteiger partial charge in [0, 0.05) is 18.5 Å². The molecule has 0 aliphatic heterocycles. The summed E-state index contributed by atoms with van der Waals surface area (Å²) in [7, 11) is 0. The Hall–Kier alpha value is -2.17.